The highest BCUT2D eigenvalue weighted by atomic mass is 35.5. The third-order valence-corrected chi connectivity index (χ3v) is 4.18. The van der Waals surface area contributed by atoms with Gasteiger partial charge in [0, 0.05) is 24.5 Å². The van der Waals surface area contributed by atoms with Crippen molar-refractivity contribution in [3.8, 4) is 0 Å². The molecule has 2 atom stereocenters. The van der Waals surface area contributed by atoms with Crippen molar-refractivity contribution in [2.75, 3.05) is 7.05 Å². The van der Waals surface area contributed by atoms with Gasteiger partial charge in [-0.05, 0) is 43.4 Å². The first-order chi connectivity index (χ1) is 8.99. The van der Waals surface area contributed by atoms with Gasteiger partial charge in [-0.1, -0.05) is 23.7 Å². The monoisotopic (exact) mass is 280 g/mol. The quantitative estimate of drug-likeness (QED) is 0.901. The van der Waals surface area contributed by atoms with E-state index in [1.54, 1.807) is 4.90 Å². The van der Waals surface area contributed by atoms with E-state index in [0.29, 0.717) is 17.4 Å². The average Bonchev–Trinajstić information content (AvgIpc) is 3.21. The summed E-state index contributed by atoms with van der Waals surface area (Å²) in [7, 11) is 1.83. The highest BCUT2D eigenvalue weighted by Crippen LogP contribution is 2.33. The molecule has 0 spiro atoms. The summed E-state index contributed by atoms with van der Waals surface area (Å²) in [4.78, 5) is 14.0. The van der Waals surface area contributed by atoms with Crippen molar-refractivity contribution in [1.82, 2.24) is 4.90 Å². The van der Waals surface area contributed by atoms with Crippen LogP contribution in [0.15, 0.2) is 24.3 Å². The third-order valence-electron chi connectivity index (χ3n) is 3.94. The number of carbonyl (C=O) groups excluding carboxylic acids is 1. The summed E-state index contributed by atoms with van der Waals surface area (Å²) >= 11 is 5.98. The minimum Gasteiger partial charge on any atom is -0.339 e. The maximum Gasteiger partial charge on any atom is 0.224 e. The van der Waals surface area contributed by atoms with E-state index in [4.69, 9.17) is 17.3 Å². The molecule has 1 aliphatic carbocycles. The number of hydrogen-bond acceptors (Lipinski definition) is 2. The number of halogens is 1. The van der Waals surface area contributed by atoms with E-state index < -0.39 is 0 Å². The van der Waals surface area contributed by atoms with E-state index in [1.165, 1.54) is 12.8 Å². The maximum absolute atomic E-state index is 12.2. The van der Waals surface area contributed by atoms with E-state index in [2.05, 4.69) is 0 Å². The van der Waals surface area contributed by atoms with Crippen molar-refractivity contribution < 1.29 is 4.79 Å². The van der Waals surface area contributed by atoms with Crippen LogP contribution < -0.4 is 5.73 Å². The summed E-state index contributed by atoms with van der Waals surface area (Å²) in [6, 6.07) is 7.65. The first kappa shape index (κ1) is 14.4. The highest BCUT2D eigenvalue weighted by Gasteiger charge is 2.31. The number of carbonyl (C=O) groups is 1. The minimum absolute atomic E-state index is 0.0117. The van der Waals surface area contributed by atoms with Crippen LogP contribution in [0.1, 0.15) is 37.8 Å². The number of nitrogens with zero attached hydrogens (tertiary/aromatic N) is 1. The summed E-state index contributed by atoms with van der Waals surface area (Å²) in [6.07, 6.45) is 2.77. The summed E-state index contributed by atoms with van der Waals surface area (Å²) in [5.41, 5.74) is 7.06. The first-order valence-electron chi connectivity index (χ1n) is 6.75. The Kier molecular flexibility index (Phi) is 4.48. The molecule has 2 unspecified atom stereocenters. The molecule has 0 heterocycles. The Labute approximate surface area is 119 Å². The number of benzene rings is 1. The predicted octanol–water partition coefficient (Wildman–Crippen LogP) is 2.99. The molecule has 104 valence electrons. The van der Waals surface area contributed by atoms with E-state index in [-0.39, 0.29) is 18.0 Å². The molecule has 4 heteroatoms. The molecule has 1 aliphatic rings. The van der Waals surface area contributed by atoms with Gasteiger partial charge in [-0.15, -0.1) is 0 Å². The van der Waals surface area contributed by atoms with E-state index >= 15 is 0 Å². The Bertz CT molecular complexity index is 459. The zero-order valence-electron chi connectivity index (χ0n) is 11.5. The van der Waals surface area contributed by atoms with Crippen LogP contribution in [0.2, 0.25) is 5.02 Å². The lowest BCUT2D eigenvalue weighted by molar-refractivity contribution is -0.132. The van der Waals surface area contributed by atoms with Crippen LogP contribution in [0.25, 0.3) is 0 Å². The molecule has 0 aromatic heterocycles. The van der Waals surface area contributed by atoms with Gasteiger partial charge in [-0.2, -0.15) is 0 Å². The summed E-state index contributed by atoms with van der Waals surface area (Å²) in [5.74, 6) is 0.658. The van der Waals surface area contributed by atoms with Crippen LogP contribution in [-0.2, 0) is 4.79 Å². The van der Waals surface area contributed by atoms with Gasteiger partial charge in [0.05, 0.1) is 6.04 Å². The standard InChI is InChI=1S/C15H21ClN2O/c1-10(12-4-3-5-13(16)8-12)18(2)15(19)9-14(17)11-6-7-11/h3-5,8,10-11,14H,6-7,9,17H2,1-2H3. The third kappa shape index (κ3) is 3.71. The van der Waals surface area contributed by atoms with E-state index in [9.17, 15) is 4.79 Å². The lowest BCUT2D eigenvalue weighted by Gasteiger charge is -2.26. The predicted molar refractivity (Wildman–Crippen MR) is 78.0 cm³/mol. The zero-order chi connectivity index (χ0) is 14.0. The van der Waals surface area contributed by atoms with Crippen molar-refractivity contribution in [3.63, 3.8) is 0 Å². The van der Waals surface area contributed by atoms with Gasteiger partial charge < -0.3 is 10.6 Å². The topological polar surface area (TPSA) is 46.3 Å². The summed E-state index contributed by atoms with van der Waals surface area (Å²) < 4.78 is 0. The number of rotatable bonds is 5. The van der Waals surface area contributed by atoms with Gasteiger partial charge in [-0.3, -0.25) is 4.79 Å². The van der Waals surface area contributed by atoms with E-state index in [1.807, 2.05) is 38.2 Å². The Balaban J connectivity index is 1.97. The van der Waals surface area contributed by atoms with E-state index in [0.717, 1.165) is 5.56 Å². The maximum atomic E-state index is 12.2. The Morgan fingerprint density at radius 2 is 2.21 bits per heavy atom. The smallest absolute Gasteiger partial charge is 0.224 e. The minimum atomic E-state index is 0.0117. The molecule has 1 aromatic carbocycles. The fraction of sp³-hybridized carbons (Fsp3) is 0.533. The lowest BCUT2D eigenvalue weighted by Crippen LogP contribution is -2.35. The second-order valence-electron chi connectivity index (χ2n) is 5.44. The Morgan fingerprint density at radius 1 is 1.53 bits per heavy atom. The van der Waals surface area contributed by atoms with Gasteiger partial charge in [-0.25, -0.2) is 0 Å². The van der Waals surface area contributed by atoms with Crippen molar-refractivity contribution >= 4 is 17.5 Å². The van der Waals surface area contributed by atoms with Crippen molar-refractivity contribution in [2.45, 2.75) is 38.3 Å². The Hall–Kier alpha value is -1.06. The lowest BCUT2D eigenvalue weighted by atomic mass is 10.1. The van der Waals surface area contributed by atoms with Crippen molar-refractivity contribution in [1.29, 1.82) is 0 Å². The van der Waals surface area contributed by atoms with Gasteiger partial charge in [0.25, 0.3) is 0 Å². The zero-order valence-corrected chi connectivity index (χ0v) is 12.2. The van der Waals surface area contributed by atoms with Crippen LogP contribution in [0.4, 0.5) is 0 Å². The SMILES string of the molecule is CC(c1cccc(Cl)c1)N(C)C(=O)CC(N)C1CC1. The molecule has 19 heavy (non-hydrogen) atoms. The van der Waals surface area contributed by atoms with Crippen molar-refractivity contribution in [3.05, 3.63) is 34.9 Å². The van der Waals surface area contributed by atoms with Gasteiger partial charge in [0.1, 0.15) is 0 Å². The first-order valence-corrected chi connectivity index (χ1v) is 7.13. The number of amides is 1. The molecule has 2 rings (SSSR count). The molecule has 0 bridgehead atoms. The second-order valence-corrected chi connectivity index (χ2v) is 5.88. The molecule has 2 N–H and O–H groups in total. The fourth-order valence-electron chi connectivity index (χ4n) is 2.24. The van der Waals surface area contributed by atoms with Crippen molar-refractivity contribution in [2.24, 2.45) is 11.7 Å². The summed E-state index contributed by atoms with van der Waals surface area (Å²) in [6.45, 7) is 2.01. The second kappa shape index (κ2) is 5.93. The molecule has 0 aliphatic heterocycles. The average molecular weight is 281 g/mol. The largest absolute Gasteiger partial charge is 0.339 e. The molecule has 1 saturated carbocycles. The molecule has 0 saturated heterocycles. The molecular formula is C15H21ClN2O. The number of hydrogen-bond donors (Lipinski definition) is 1. The number of nitrogens with two attached hydrogens (primary N) is 1. The summed E-state index contributed by atoms with van der Waals surface area (Å²) in [5, 5.41) is 0.694. The van der Waals surface area contributed by atoms with Crippen LogP contribution in [0.5, 0.6) is 0 Å². The van der Waals surface area contributed by atoms with Crippen LogP contribution in [0, 0.1) is 5.92 Å². The fourth-order valence-corrected chi connectivity index (χ4v) is 2.44. The van der Waals surface area contributed by atoms with Crippen LogP contribution in [-0.4, -0.2) is 23.9 Å². The molecule has 3 nitrogen and oxygen atoms in total. The molecule has 1 fully saturated rings. The Morgan fingerprint density at radius 3 is 2.79 bits per heavy atom. The van der Waals surface area contributed by atoms with Gasteiger partial charge in [0.2, 0.25) is 5.91 Å². The van der Waals surface area contributed by atoms with Gasteiger partial charge in [0.15, 0.2) is 0 Å². The molecule has 1 amide bonds. The normalized spacial score (nSPS) is 17.9. The highest BCUT2D eigenvalue weighted by molar-refractivity contribution is 6.30. The van der Waals surface area contributed by atoms with Crippen LogP contribution in [0.3, 0.4) is 0 Å². The molecule has 1 aromatic rings. The van der Waals surface area contributed by atoms with Gasteiger partial charge >= 0.3 is 0 Å². The molecular weight excluding hydrogens is 260 g/mol. The van der Waals surface area contributed by atoms with Crippen LogP contribution >= 0.6 is 11.6 Å². The molecule has 0 radical (unpaired) electrons.